The third-order valence-electron chi connectivity index (χ3n) is 5.16. The van der Waals surface area contributed by atoms with Crippen LogP contribution >= 0.6 is 0 Å². The molecule has 0 spiro atoms. The number of rotatable bonds is 3. The van der Waals surface area contributed by atoms with Crippen LogP contribution in [0, 0.1) is 12.8 Å². The SMILES string of the molecule is Cc1ccc2c(c1)[C@@H](NCc1nnc3n1CCCC3)[C@@H](C)C2. The van der Waals surface area contributed by atoms with Crippen LogP contribution in [0.25, 0.3) is 0 Å². The Balaban J connectivity index is 1.53. The molecule has 4 rings (SSSR count). The first-order valence-electron chi connectivity index (χ1n) is 8.46. The summed E-state index contributed by atoms with van der Waals surface area (Å²) in [7, 11) is 0. The monoisotopic (exact) mass is 296 g/mol. The van der Waals surface area contributed by atoms with Gasteiger partial charge in [0.05, 0.1) is 6.54 Å². The van der Waals surface area contributed by atoms with Crippen LogP contribution in [0.5, 0.6) is 0 Å². The molecule has 1 aromatic carbocycles. The molecule has 1 aromatic heterocycles. The highest BCUT2D eigenvalue weighted by Gasteiger charge is 2.29. The van der Waals surface area contributed by atoms with Crippen molar-refractivity contribution in [3.63, 3.8) is 0 Å². The van der Waals surface area contributed by atoms with Crippen LogP contribution in [0.3, 0.4) is 0 Å². The first-order valence-corrected chi connectivity index (χ1v) is 8.46. The molecule has 1 aliphatic carbocycles. The maximum atomic E-state index is 4.41. The van der Waals surface area contributed by atoms with Crippen LogP contribution in [0.15, 0.2) is 18.2 Å². The predicted octanol–water partition coefficient (Wildman–Crippen LogP) is 2.95. The Morgan fingerprint density at radius 2 is 2.18 bits per heavy atom. The Labute approximate surface area is 132 Å². The summed E-state index contributed by atoms with van der Waals surface area (Å²) in [6, 6.07) is 7.30. The van der Waals surface area contributed by atoms with E-state index in [0.717, 1.165) is 25.3 Å². The van der Waals surface area contributed by atoms with E-state index >= 15 is 0 Å². The fourth-order valence-corrected chi connectivity index (χ4v) is 3.97. The molecule has 2 aliphatic rings. The Kier molecular flexibility index (Phi) is 3.49. The average molecular weight is 296 g/mol. The molecule has 0 saturated heterocycles. The van der Waals surface area contributed by atoms with Gasteiger partial charge in [-0.25, -0.2) is 0 Å². The molecule has 2 heterocycles. The largest absolute Gasteiger partial charge is 0.314 e. The van der Waals surface area contributed by atoms with Gasteiger partial charge >= 0.3 is 0 Å². The number of fused-ring (bicyclic) bond motifs is 2. The topological polar surface area (TPSA) is 42.7 Å². The Hall–Kier alpha value is -1.68. The summed E-state index contributed by atoms with van der Waals surface area (Å²) in [5.41, 5.74) is 4.32. The van der Waals surface area contributed by atoms with E-state index in [1.807, 2.05) is 0 Å². The van der Waals surface area contributed by atoms with E-state index in [1.165, 1.54) is 41.8 Å². The van der Waals surface area contributed by atoms with Gasteiger partial charge < -0.3 is 9.88 Å². The van der Waals surface area contributed by atoms with Crippen LogP contribution in [-0.4, -0.2) is 14.8 Å². The van der Waals surface area contributed by atoms with Crippen LogP contribution in [0.1, 0.15) is 54.1 Å². The molecule has 0 amide bonds. The molecule has 4 nitrogen and oxygen atoms in total. The highest BCUT2D eigenvalue weighted by Crippen LogP contribution is 2.36. The van der Waals surface area contributed by atoms with Crippen molar-refractivity contribution in [2.24, 2.45) is 5.92 Å². The summed E-state index contributed by atoms with van der Waals surface area (Å²) in [5, 5.41) is 12.5. The molecule has 0 bridgehead atoms. The van der Waals surface area contributed by atoms with Gasteiger partial charge in [0, 0.05) is 19.0 Å². The molecule has 4 heteroatoms. The number of aryl methyl sites for hydroxylation is 2. The van der Waals surface area contributed by atoms with E-state index in [2.05, 4.69) is 52.1 Å². The molecule has 116 valence electrons. The molecule has 0 unspecified atom stereocenters. The van der Waals surface area contributed by atoms with Crippen LogP contribution in [0.4, 0.5) is 0 Å². The zero-order valence-corrected chi connectivity index (χ0v) is 13.5. The maximum absolute atomic E-state index is 4.41. The summed E-state index contributed by atoms with van der Waals surface area (Å²) >= 11 is 0. The summed E-state index contributed by atoms with van der Waals surface area (Å²) in [5.74, 6) is 2.90. The van der Waals surface area contributed by atoms with Crippen molar-refractivity contribution >= 4 is 0 Å². The lowest BCUT2D eigenvalue weighted by Gasteiger charge is -2.20. The van der Waals surface area contributed by atoms with Crippen molar-refractivity contribution in [1.29, 1.82) is 0 Å². The van der Waals surface area contributed by atoms with Crippen LogP contribution in [-0.2, 0) is 25.9 Å². The van der Waals surface area contributed by atoms with E-state index < -0.39 is 0 Å². The summed E-state index contributed by atoms with van der Waals surface area (Å²) < 4.78 is 2.31. The van der Waals surface area contributed by atoms with Crippen molar-refractivity contribution in [3.8, 4) is 0 Å². The highest BCUT2D eigenvalue weighted by molar-refractivity contribution is 5.38. The first kappa shape index (κ1) is 13.9. The van der Waals surface area contributed by atoms with Gasteiger partial charge in [-0.3, -0.25) is 0 Å². The molecule has 0 radical (unpaired) electrons. The number of hydrogen-bond acceptors (Lipinski definition) is 3. The highest BCUT2D eigenvalue weighted by atomic mass is 15.3. The average Bonchev–Trinajstić information content (AvgIpc) is 3.06. The summed E-state index contributed by atoms with van der Waals surface area (Å²) in [4.78, 5) is 0. The number of benzene rings is 1. The number of aromatic nitrogens is 3. The number of nitrogens with zero attached hydrogens (tertiary/aromatic N) is 3. The maximum Gasteiger partial charge on any atom is 0.147 e. The second-order valence-corrected chi connectivity index (χ2v) is 6.88. The minimum atomic E-state index is 0.437. The fraction of sp³-hybridized carbons (Fsp3) is 0.556. The van der Waals surface area contributed by atoms with Gasteiger partial charge in [0.25, 0.3) is 0 Å². The Morgan fingerprint density at radius 1 is 1.27 bits per heavy atom. The molecular weight excluding hydrogens is 272 g/mol. The molecule has 0 fully saturated rings. The fourth-order valence-electron chi connectivity index (χ4n) is 3.97. The molecule has 1 N–H and O–H groups in total. The third-order valence-corrected chi connectivity index (χ3v) is 5.16. The predicted molar refractivity (Wildman–Crippen MR) is 86.6 cm³/mol. The van der Waals surface area contributed by atoms with Crippen LogP contribution < -0.4 is 5.32 Å². The van der Waals surface area contributed by atoms with Crippen molar-refractivity contribution in [1.82, 2.24) is 20.1 Å². The smallest absolute Gasteiger partial charge is 0.147 e. The van der Waals surface area contributed by atoms with Gasteiger partial charge in [-0.15, -0.1) is 10.2 Å². The minimum absolute atomic E-state index is 0.437. The van der Waals surface area contributed by atoms with Crippen molar-refractivity contribution in [2.45, 2.75) is 58.7 Å². The van der Waals surface area contributed by atoms with E-state index in [9.17, 15) is 0 Å². The van der Waals surface area contributed by atoms with Gasteiger partial charge in [-0.2, -0.15) is 0 Å². The molecular formula is C18H24N4. The lowest BCUT2D eigenvalue weighted by molar-refractivity contribution is 0.401. The molecule has 1 aliphatic heterocycles. The van der Waals surface area contributed by atoms with Crippen molar-refractivity contribution in [3.05, 3.63) is 46.5 Å². The normalized spacial score (nSPS) is 23.4. The lowest BCUT2D eigenvalue weighted by Crippen LogP contribution is -2.26. The zero-order valence-electron chi connectivity index (χ0n) is 13.5. The second-order valence-electron chi connectivity index (χ2n) is 6.88. The Morgan fingerprint density at radius 3 is 3.09 bits per heavy atom. The second kappa shape index (κ2) is 5.51. The van der Waals surface area contributed by atoms with Crippen molar-refractivity contribution < 1.29 is 0 Å². The summed E-state index contributed by atoms with van der Waals surface area (Å²) in [6.45, 7) is 6.41. The third kappa shape index (κ3) is 2.35. The van der Waals surface area contributed by atoms with Gasteiger partial charge in [0.1, 0.15) is 11.6 Å². The quantitative estimate of drug-likeness (QED) is 0.947. The van der Waals surface area contributed by atoms with Gasteiger partial charge in [0.2, 0.25) is 0 Å². The standard InChI is InChI=1S/C18H24N4/c1-12-6-7-14-10-13(2)18(15(14)9-12)19-11-17-21-20-16-5-3-4-8-22(16)17/h6-7,9,13,18-19H,3-5,8,10-11H2,1-2H3/t13-,18-/m0/s1. The van der Waals surface area contributed by atoms with Crippen molar-refractivity contribution in [2.75, 3.05) is 0 Å². The van der Waals surface area contributed by atoms with E-state index in [0.29, 0.717) is 12.0 Å². The van der Waals surface area contributed by atoms with Crippen LogP contribution in [0.2, 0.25) is 0 Å². The van der Waals surface area contributed by atoms with Gasteiger partial charge in [-0.05, 0) is 43.2 Å². The number of hydrogen-bond donors (Lipinski definition) is 1. The van der Waals surface area contributed by atoms with Gasteiger partial charge in [-0.1, -0.05) is 30.7 Å². The lowest BCUT2D eigenvalue weighted by atomic mass is 10.0. The minimum Gasteiger partial charge on any atom is -0.314 e. The Bertz CT molecular complexity index is 688. The van der Waals surface area contributed by atoms with E-state index in [1.54, 1.807) is 0 Å². The van der Waals surface area contributed by atoms with Gasteiger partial charge in [0.15, 0.2) is 0 Å². The van der Waals surface area contributed by atoms with E-state index in [4.69, 9.17) is 0 Å². The van der Waals surface area contributed by atoms with E-state index in [-0.39, 0.29) is 0 Å². The first-order chi connectivity index (χ1) is 10.7. The molecule has 2 aromatic rings. The molecule has 2 atom stereocenters. The molecule has 0 saturated carbocycles. The summed E-state index contributed by atoms with van der Waals surface area (Å²) in [6.07, 6.45) is 4.75. The number of nitrogens with one attached hydrogen (secondary N) is 1. The molecule has 22 heavy (non-hydrogen) atoms. The zero-order chi connectivity index (χ0) is 15.1.